The van der Waals surface area contributed by atoms with Crippen molar-refractivity contribution >= 4 is 0 Å². The minimum absolute atomic E-state index is 0.364. The zero-order valence-electron chi connectivity index (χ0n) is 10.1. The summed E-state index contributed by atoms with van der Waals surface area (Å²) in [5, 5.41) is 3.43. The summed E-state index contributed by atoms with van der Waals surface area (Å²) in [5.41, 5.74) is 3.07. The maximum absolute atomic E-state index is 5.39. The Balaban J connectivity index is 2.03. The number of ether oxygens (including phenoxy) is 1. The van der Waals surface area contributed by atoms with Gasteiger partial charge in [0.15, 0.2) is 0 Å². The first kappa shape index (κ1) is 12.9. The summed E-state index contributed by atoms with van der Waals surface area (Å²) in [5.74, 6) is 0.570. The Morgan fingerprint density at radius 2 is 2.27 bits per heavy atom. The van der Waals surface area contributed by atoms with Crippen molar-refractivity contribution in [2.75, 3.05) is 26.4 Å². The molecule has 1 rings (SSSR count). The van der Waals surface area contributed by atoms with E-state index in [0.717, 1.165) is 32.8 Å². The van der Waals surface area contributed by atoms with E-state index < -0.39 is 0 Å². The van der Waals surface area contributed by atoms with E-state index >= 15 is 0 Å². The first-order valence-electron chi connectivity index (χ1n) is 5.87. The lowest BCUT2D eigenvalue weighted by Crippen LogP contribution is -2.45. The van der Waals surface area contributed by atoms with Crippen LogP contribution in [0.3, 0.4) is 0 Å². The van der Waals surface area contributed by atoms with Crippen molar-refractivity contribution in [1.82, 2.24) is 10.8 Å². The minimum atomic E-state index is 0.364. The lowest BCUT2D eigenvalue weighted by Gasteiger charge is -2.26. The number of hydrogen-bond acceptors (Lipinski definition) is 4. The van der Waals surface area contributed by atoms with Crippen LogP contribution in [0.25, 0.3) is 0 Å². The van der Waals surface area contributed by atoms with Gasteiger partial charge in [0, 0.05) is 18.6 Å². The van der Waals surface area contributed by atoms with Gasteiger partial charge in [-0.15, -0.1) is 0 Å². The maximum atomic E-state index is 5.39. The summed E-state index contributed by atoms with van der Waals surface area (Å²) in [6.07, 6.45) is 1.04. The first-order valence-corrected chi connectivity index (χ1v) is 5.87. The third-order valence-electron chi connectivity index (χ3n) is 2.34. The fourth-order valence-corrected chi connectivity index (χ4v) is 1.60. The van der Waals surface area contributed by atoms with Gasteiger partial charge in [0.1, 0.15) is 0 Å². The van der Waals surface area contributed by atoms with Crippen LogP contribution in [0.2, 0.25) is 0 Å². The molecule has 0 radical (unpaired) electrons. The predicted octanol–water partition coefficient (Wildman–Crippen LogP) is 0.931. The predicted molar refractivity (Wildman–Crippen MR) is 60.6 cm³/mol. The average molecular weight is 216 g/mol. The molecule has 0 bridgehead atoms. The molecule has 4 nitrogen and oxygen atoms in total. The topological polar surface area (TPSA) is 42.5 Å². The quantitative estimate of drug-likeness (QED) is 0.648. The normalized spacial score (nSPS) is 24.4. The van der Waals surface area contributed by atoms with Crippen LogP contribution in [-0.2, 0) is 9.57 Å². The summed E-state index contributed by atoms with van der Waals surface area (Å²) in [6, 6.07) is 0.826. The molecule has 0 aromatic carbocycles. The molecule has 1 saturated heterocycles. The van der Waals surface area contributed by atoms with Gasteiger partial charge in [-0.2, -0.15) is 5.48 Å². The number of rotatable bonds is 6. The molecule has 15 heavy (non-hydrogen) atoms. The summed E-state index contributed by atoms with van der Waals surface area (Å²) < 4.78 is 5.39. The van der Waals surface area contributed by atoms with E-state index in [4.69, 9.17) is 9.57 Å². The van der Waals surface area contributed by atoms with Gasteiger partial charge < -0.3 is 14.9 Å². The van der Waals surface area contributed by atoms with E-state index in [-0.39, 0.29) is 0 Å². The molecular weight excluding hydrogens is 192 g/mol. The fraction of sp³-hybridized carbons (Fsp3) is 1.00. The second-order valence-electron chi connectivity index (χ2n) is 4.69. The Kier molecular flexibility index (Phi) is 6.17. The van der Waals surface area contributed by atoms with E-state index in [0.29, 0.717) is 18.0 Å². The Morgan fingerprint density at radius 1 is 1.47 bits per heavy atom. The summed E-state index contributed by atoms with van der Waals surface area (Å²) >= 11 is 0. The standard InChI is InChI=1S/C11H24N2O2/c1-9(2)7-15-13-10(3)6-11-8-14-5-4-12-11/h9-13H,4-8H2,1-3H3. The van der Waals surface area contributed by atoms with Crippen molar-refractivity contribution in [3.05, 3.63) is 0 Å². The molecule has 0 aliphatic carbocycles. The molecule has 1 aliphatic rings. The summed E-state index contributed by atoms with van der Waals surface area (Å²) in [7, 11) is 0. The lowest BCUT2D eigenvalue weighted by molar-refractivity contribution is -0.00503. The fourth-order valence-electron chi connectivity index (χ4n) is 1.60. The van der Waals surface area contributed by atoms with Crippen molar-refractivity contribution in [3.63, 3.8) is 0 Å². The highest BCUT2D eigenvalue weighted by Gasteiger charge is 2.16. The number of nitrogens with one attached hydrogen (secondary N) is 2. The van der Waals surface area contributed by atoms with Crippen LogP contribution in [-0.4, -0.2) is 38.4 Å². The minimum Gasteiger partial charge on any atom is -0.379 e. The molecule has 0 amide bonds. The van der Waals surface area contributed by atoms with Crippen molar-refractivity contribution in [3.8, 4) is 0 Å². The molecule has 0 spiro atoms. The van der Waals surface area contributed by atoms with Crippen LogP contribution in [0, 0.1) is 5.92 Å². The third-order valence-corrected chi connectivity index (χ3v) is 2.34. The van der Waals surface area contributed by atoms with E-state index in [1.54, 1.807) is 0 Å². The number of hydroxylamine groups is 1. The molecule has 0 saturated carbocycles. The highest BCUT2D eigenvalue weighted by Crippen LogP contribution is 2.02. The van der Waals surface area contributed by atoms with Crippen LogP contribution in [0.5, 0.6) is 0 Å². The molecule has 0 aromatic heterocycles. The highest BCUT2D eigenvalue weighted by molar-refractivity contribution is 4.74. The monoisotopic (exact) mass is 216 g/mol. The van der Waals surface area contributed by atoms with Crippen LogP contribution in [0.4, 0.5) is 0 Å². The molecule has 2 N–H and O–H groups in total. The van der Waals surface area contributed by atoms with Gasteiger partial charge in [0.2, 0.25) is 0 Å². The Hall–Kier alpha value is -0.160. The lowest BCUT2D eigenvalue weighted by atomic mass is 10.1. The third kappa shape index (κ3) is 6.10. The Bertz CT molecular complexity index is 159. The number of morpholine rings is 1. The van der Waals surface area contributed by atoms with Crippen molar-refractivity contribution in [1.29, 1.82) is 0 Å². The molecule has 2 unspecified atom stereocenters. The second-order valence-corrected chi connectivity index (χ2v) is 4.69. The molecule has 4 heteroatoms. The average Bonchev–Trinajstić information content (AvgIpc) is 2.18. The van der Waals surface area contributed by atoms with Crippen molar-refractivity contribution < 1.29 is 9.57 Å². The first-order chi connectivity index (χ1) is 7.18. The van der Waals surface area contributed by atoms with Crippen LogP contribution >= 0.6 is 0 Å². The Morgan fingerprint density at radius 3 is 2.87 bits per heavy atom. The highest BCUT2D eigenvalue weighted by atomic mass is 16.6. The Labute approximate surface area is 92.7 Å². The smallest absolute Gasteiger partial charge is 0.0705 e. The van der Waals surface area contributed by atoms with Gasteiger partial charge in [0.05, 0.1) is 19.8 Å². The van der Waals surface area contributed by atoms with E-state index in [1.165, 1.54) is 0 Å². The zero-order chi connectivity index (χ0) is 11.1. The van der Waals surface area contributed by atoms with E-state index in [1.807, 2.05) is 0 Å². The molecule has 1 heterocycles. The maximum Gasteiger partial charge on any atom is 0.0705 e. The van der Waals surface area contributed by atoms with Crippen molar-refractivity contribution in [2.24, 2.45) is 5.92 Å². The molecule has 90 valence electrons. The van der Waals surface area contributed by atoms with Gasteiger partial charge >= 0.3 is 0 Å². The molecule has 1 fully saturated rings. The van der Waals surface area contributed by atoms with E-state index in [2.05, 4.69) is 31.6 Å². The molecule has 0 aromatic rings. The van der Waals surface area contributed by atoms with Gasteiger partial charge in [0.25, 0.3) is 0 Å². The van der Waals surface area contributed by atoms with Crippen LogP contribution in [0.15, 0.2) is 0 Å². The molecular formula is C11H24N2O2. The van der Waals surface area contributed by atoms with Gasteiger partial charge in [-0.3, -0.25) is 0 Å². The largest absolute Gasteiger partial charge is 0.379 e. The molecule has 1 aliphatic heterocycles. The molecule has 2 atom stereocenters. The van der Waals surface area contributed by atoms with Gasteiger partial charge in [-0.05, 0) is 19.3 Å². The van der Waals surface area contributed by atoms with Crippen LogP contribution < -0.4 is 10.8 Å². The van der Waals surface area contributed by atoms with Crippen molar-refractivity contribution in [2.45, 2.75) is 39.3 Å². The van der Waals surface area contributed by atoms with E-state index in [9.17, 15) is 0 Å². The van der Waals surface area contributed by atoms with Crippen LogP contribution in [0.1, 0.15) is 27.2 Å². The SMILES string of the molecule is CC(C)CONC(C)CC1COCCN1. The summed E-state index contributed by atoms with van der Waals surface area (Å²) in [4.78, 5) is 5.38. The van der Waals surface area contributed by atoms with Gasteiger partial charge in [-0.1, -0.05) is 13.8 Å². The van der Waals surface area contributed by atoms with Gasteiger partial charge in [-0.25, -0.2) is 0 Å². The second kappa shape index (κ2) is 7.17. The summed E-state index contributed by atoms with van der Waals surface area (Å²) in [6.45, 7) is 9.80. The number of hydrogen-bond donors (Lipinski definition) is 2. The zero-order valence-corrected chi connectivity index (χ0v) is 10.1.